The minimum absolute atomic E-state index is 0.734. The molecule has 3 nitrogen and oxygen atoms in total. The van der Waals surface area contributed by atoms with Crippen LogP contribution in [0.15, 0.2) is 12.1 Å². The lowest BCUT2D eigenvalue weighted by Gasteiger charge is -2.20. The average molecular weight is 261 g/mol. The molecule has 2 unspecified atom stereocenters. The summed E-state index contributed by atoms with van der Waals surface area (Å²) in [5, 5.41) is 1.10. The van der Waals surface area contributed by atoms with Gasteiger partial charge < -0.3 is 10.6 Å². The van der Waals surface area contributed by atoms with E-state index < -0.39 is 0 Å². The molecule has 1 saturated heterocycles. The summed E-state index contributed by atoms with van der Waals surface area (Å²) >= 11 is 1.71. The first-order valence-corrected chi connectivity index (χ1v) is 7.28. The number of fused-ring (bicyclic) bond motifs is 1. The van der Waals surface area contributed by atoms with Crippen molar-refractivity contribution in [2.45, 2.75) is 20.8 Å². The van der Waals surface area contributed by atoms with Gasteiger partial charge in [-0.3, -0.25) is 0 Å². The minimum Gasteiger partial charge on any atom is -0.397 e. The molecule has 0 spiro atoms. The number of aryl methyl sites for hydroxylation is 1. The molecule has 3 rings (SSSR count). The van der Waals surface area contributed by atoms with Crippen molar-refractivity contribution in [3.05, 3.63) is 17.1 Å². The molecule has 1 fully saturated rings. The third-order valence-corrected chi connectivity index (χ3v) is 4.91. The third-order valence-electron chi connectivity index (χ3n) is 3.97. The first-order chi connectivity index (χ1) is 8.54. The Labute approximate surface area is 112 Å². The van der Waals surface area contributed by atoms with Crippen molar-refractivity contribution in [3.8, 4) is 0 Å². The summed E-state index contributed by atoms with van der Waals surface area (Å²) in [6, 6.07) is 4.22. The first-order valence-electron chi connectivity index (χ1n) is 6.46. The molecule has 0 bridgehead atoms. The summed E-state index contributed by atoms with van der Waals surface area (Å²) in [5.74, 6) is 1.47. The summed E-state index contributed by atoms with van der Waals surface area (Å²) in [7, 11) is 0. The summed E-state index contributed by atoms with van der Waals surface area (Å²) in [5.41, 5.74) is 9.32. The third kappa shape index (κ3) is 1.85. The molecule has 1 aromatic carbocycles. The van der Waals surface area contributed by atoms with Crippen molar-refractivity contribution in [3.63, 3.8) is 0 Å². The van der Waals surface area contributed by atoms with E-state index in [1.165, 1.54) is 4.70 Å². The standard InChI is InChI=1S/C14H19N3S/c1-8-6-17(7-9(8)2)13-5-12-14(4-11(13)15)18-10(3)16-12/h4-5,8-9H,6-7,15H2,1-3H3. The Kier molecular flexibility index (Phi) is 2.70. The number of hydrogen-bond donors (Lipinski definition) is 1. The molecule has 4 heteroatoms. The Hall–Kier alpha value is -1.29. The van der Waals surface area contributed by atoms with E-state index in [-0.39, 0.29) is 0 Å². The van der Waals surface area contributed by atoms with Gasteiger partial charge in [-0.25, -0.2) is 4.98 Å². The fraction of sp³-hybridized carbons (Fsp3) is 0.500. The normalized spacial score (nSPS) is 24.1. The quantitative estimate of drug-likeness (QED) is 0.801. The molecule has 0 aliphatic carbocycles. The fourth-order valence-electron chi connectivity index (χ4n) is 2.69. The van der Waals surface area contributed by atoms with Crippen molar-refractivity contribution < 1.29 is 0 Å². The van der Waals surface area contributed by atoms with E-state index in [0.717, 1.165) is 46.8 Å². The van der Waals surface area contributed by atoms with Gasteiger partial charge in [-0.05, 0) is 30.9 Å². The van der Waals surface area contributed by atoms with Crippen molar-refractivity contribution in [2.75, 3.05) is 23.7 Å². The number of aromatic nitrogens is 1. The Bertz CT molecular complexity index is 580. The van der Waals surface area contributed by atoms with E-state index in [4.69, 9.17) is 5.73 Å². The number of nitrogens with zero attached hydrogens (tertiary/aromatic N) is 2. The molecule has 18 heavy (non-hydrogen) atoms. The molecule has 1 aliphatic heterocycles. The predicted molar refractivity (Wildman–Crippen MR) is 79.3 cm³/mol. The van der Waals surface area contributed by atoms with E-state index in [1.807, 2.05) is 6.92 Å². The van der Waals surface area contributed by atoms with Crippen molar-refractivity contribution in [1.82, 2.24) is 4.98 Å². The molecule has 2 N–H and O–H groups in total. The second-order valence-electron chi connectivity index (χ2n) is 5.47. The first kappa shape index (κ1) is 11.8. The topological polar surface area (TPSA) is 42.2 Å². The summed E-state index contributed by atoms with van der Waals surface area (Å²) in [6.45, 7) is 8.86. The number of thiazole rings is 1. The molecule has 96 valence electrons. The zero-order valence-corrected chi connectivity index (χ0v) is 11.9. The number of nitrogen functional groups attached to an aromatic ring is 1. The van der Waals surface area contributed by atoms with Gasteiger partial charge in [0.25, 0.3) is 0 Å². The van der Waals surface area contributed by atoms with Gasteiger partial charge in [-0.15, -0.1) is 11.3 Å². The number of benzene rings is 1. The molecular formula is C14H19N3S. The highest BCUT2D eigenvalue weighted by Crippen LogP contribution is 2.35. The van der Waals surface area contributed by atoms with Crippen molar-refractivity contribution >= 4 is 32.9 Å². The molecule has 1 aromatic heterocycles. The highest BCUT2D eigenvalue weighted by Gasteiger charge is 2.27. The Morgan fingerprint density at radius 2 is 1.94 bits per heavy atom. The van der Waals surface area contributed by atoms with Crippen LogP contribution in [0.2, 0.25) is 0 Å². The van der Waals surface area contributed by atoms with Gasteiger partial charge in [0.15, 0.2) is 0 Å². The van der Waals surface area contributed by atoms with Gasteiger partial charge in [0, 0.05) is 13.1 Å². The number of anilines is 2. The van der Waals surface area contributed by atoms with Crippen LogP contribution >= 0.6 is 11.3 Å². The zero-order chi connectivity index (χ0) is 12.9. The average Bonchev–Trinajstić information content (AvgIpc) is 2.80. The number of rotatable bonds is 1. The number of nitrogens with two attached hydrogens (primary N) is 1. The second kappa shape index (κ2) is 4.12. The second-order valence-corrected chi connectivity index (χ2v) is 6.71. The van der Waals surface area contributed by atoms with Crippen molar-refractivity contribution in [2.24, 2.45) is 11.8 Å². The Morgan fingerprint density at radius 1 is 1.28 bits per heavy atom. The van der Waals surface area contributed by atoms with Gasteiger partial charge in [-0.1, -0.05) is 13.8 Å². The smallest absolute Gasteiger partial charge is 0.0907 e. The van der Waals surface area contributed by atoms with Crippen LogP contribution in [0.1, 0.15) is 18.9 Å². The molecule has 2 aromatic rings. The van der Waals surface area contributed by atoms with Gasteiger partial charge in [0.05, 0.1) is 26.6 Å². The summed E-state index contributed by atoms with van der Waals surface area (Å²) in [6.07, 6.45) is 0. The lowest BCUT2D eigenvalue weighted by molar-refractivity contribution is 0.494. The molecule has 2 atom stereocenters. The monoisotopic (exact) mass is 261 g/mol. The molecule has 0 amide bonds. The van der Waals surface area contributed by atoms with E-state index in [0.29, 0.717) is 0 Å². The fourth-order valence-corrected chi connectivity index (χ4v) is 3.55. The van der Waals surface area contributed by atoms with Gasteiger partial charge in [0.1, 0.15) is 0 Å². The predicted octanol–water partition coefficient (Wildman–Crippen LogP) is 3.28. The van der Waals surface area contributed by atoms with Crippen LogP contribution in [0.5, 0.6) is 0 Å². The Balaban J connectivity index is 2.03. The SMILES string of the molecule is Cc1nc2cc(N3CC(C)C(C)C3)c(N)cc2s1. The Morgan fingerprint density at radius 3 is 2.61 bits per heavy atom. The highest BCUT2D eigenvalue weighted by atomic mass is 32.1. The molecule has 2 heterocycles. The van der Waals surface area contributed by atoms with Gasteiger partial charge >= 0.3 is 0 Å². The maximum absolute atomic E-state index is 6.20. The summed E-state index contributed by atoms with van der Waals surface area (Å²) in [4.78, 5) is 6.96. The molecular weight excluding hydrogens is 242 g/mol. The van der Waals surface area contributed by atoms with Gasteiger partial charge in [-0.2, -0.15) is 0 Å². The maximum Gasteiger partial charge on any atom is 0.0907 e. The lowest BCUT2D eigenvalue weighted by Crippen LogP contribution is -2.20. The minimum atomic E-state index is 0.734. The lowest BCUT2D eigenvalue weighted by atomic mass is 10.0. The highest BCUT2D eigenvalue weighted by molar-refractivity contribution is 7.18. The van der Waals surface area contributed by atoms with Crippen molar-refractivity contribution in [1.29, 1.82) is 0 Å². The number of hydrogen-bond acceptors (Lipinski definition) is 4. The molecule has 0 radical (unpaired) electrons. The van der Waals surface area contributed by atoms with E-state index in [1.54, 1.807) is 11.3 Å². The summed E-state index contributed by atoms with van der Waals surface area (Å²) < 4.78 is 1.19. The van der Waals surface area contributed by atoms with E-state index in [9.17, 15) is 0 Å². The van der Waals surface area contributed by atoms with Gasteiger partial charge in [0.2, 0.25) is 0 Å². The van der Waals surface area contributed by atoms with Crippen LogP contribution < -0.4 is 10.6 Å². The van der Waals surface area contributed by atoms with Crippen LogP contribution in [0.3, 0.4) is 0 Å². The molecule has 1 aliphatic rings. The van der Waals surface area contributed by atoms with Crippen LogP contribution in [0.25, 0.3) is 10.2 Å². The van der Waals surface area contributed by atoms with E-state index in [2.05, 4.69) is 35.9 Å². The van der Waals surface area contributed by atoms with Crippen LogP contribution in [-0.4, -0.2) is 18.1 Å². The van der Waals surface area contributed by atoms with Crippen LogP contribution in [-0.2, 0) is 0 Å². The van der Waals surface area contributed by atoms with Crippen LogP contribution in [0.4, 0.5) is 11.4 Å². The maximum atomic E-state index is 6.20. The van der Waals surface area contributed by atoms with E-state index >= 15 is 0 Å². The largest absolute Gasteiger partial charge is 0.397 e. The molecule has 0 saturated carbocycles. The van der Waals surface area contributed by atoms with Crippen LogP contribution in [0, 0.1) is 18.8 Å². The zero-order valence-electron chi connectivity index (χ0n) is 11.1.